The third kappa shape index (κ3) is 5.64. The Kier molecular flexibility index (Phi) is 6.59. The average Bonchev–Trinajstić information content (AvgIpc) is 3.09. The van der Waals surface area contributed by atoms with E-state index in [1.807, 2.05) is 13.8 Å². The van der Waals surface area contributed by atoms with Crippen LogP contribution < -0.4 is 10.6 Å². The van der Waals surface area contributed by atoms with Crippen molar-refractivity contribution in [2.75, 3.05) is 10.6 Å². The summed E-state index contributed by atoms with van der Waals surface area (Å²) < 4.78 is 46.8. The predicted molar refractivity (Wildman–Crippen MR) is 122 cm³/mol. The minimum atomic E-state index is -4.65. The van der Waals surface area contributed by atoms with Gasteiger partial charge in [-0.25, -0.2) is 14.5 Å². The molecule has 11 heteroatoms. The lowest BCUT2D eigenvalue weighted by Crippen LogP contribution is -2.27. The molecule has 0 radical (unpaired) electrons. The molecular weight excluding hydrogens is 451 g/mol. The number of amides is 2. The fourth-order valence-corrected chi connectivity index (χ4v) is 3.21. The third-order valence-electron chi connectivity index (χ3n) is 4.72. The SMILES string of the molecule is Cc1nc2c(cnn2C(C)C)cc1C(=O)Nc1cc(C(F)(F)F)ccc1NC(=O)OC(C)(C)C. The van der Waals surface area contributed by atoms with Gasteiger partial charge in [-0.3, -0.25) is 10.1 Å². The number of alkyl halides is 3. The van der Waals surface area contributed by atoms with E-state index in [0.29, 0.717) is 16.7 Å². The number of halogens is 3. The predicted octanol–water partition coefficient (Wildman–Crippen LogP) is 5.94. The molecule has 3 aromatic rings. The van der Waals surface area contributed by atoms with Crippen LogP contribution in [0.2, 0.25) is 0 Å². The molecule has 34 heavy (non-hydrogen) atoms. The van der Waals surface area contributed by atoms with Crippen molar-refractivity contribution in [1.29, 1.82) is 0 Å². The highest BCUT2D eigenvalue weighted by molar-refractivity contribution is 6.08. The molecule has 0 saturated carbocycles. The van der Waals surface area contributed by atoms with Gasteiger partial charge in [0.2, 0.25) is 0 Å². The number of benzene rings is 1. The normalized spacial score (nSPS) is 12.2. The quantitative estimate of drug-likeness (QED) is 0.485. The average molecular weight is 477 g/mol. The topological polar surface area (TPSA) is 98.1 Å². The summed E-state index contributed by atoms with van der Waals surface area (Å²) in [7, 11) is 0. The molecule has 2 aromatic heterocycles. The highest BCUT2D eigenvalue weighted by Gasteiger charge is 2.32. The summed E-state index contributed by atoms with van der Waals surface area (Å²) in [6.45, 7) is 10.5. The second-order valence-electron chi connectivity index (χ2n) is 9.06. The van der Waals surface area contributed by atoms with Gasteiger partial charge in [-0.1, -0.05) is 0 Å². The highest BCUT2D eigenvalue weighted by atomic mass is 19.4. The van der Waals surface area contributed by atoms with Gasteiger partial charge in [-0.15, -0.1) is 0 Å². The number of hydrogen-bond donors (Lipinski definition) is 2. The molecule has 2 heterocycles. The van der Waals surface area contributed by atoms with E-state index < -0.39 is 29.3 Å². The minimum absolute atomic E-state index is 0.0464. The first-order chi connectivity index (χ1) is 15.7. The molecule has 0 spiro atoms. The minimum Gasteiger partial charge on any atom is -0.444 e. The molecular formula is C23H26F3N5O3. The van der Waals surface area contributed by atoms with Crippen molar-refractivity contribution in [3.63, 3.8) is 0 Å². The van der Waals surface area contributed by atoms with E-state index in [4.69, 9.17) is 4.74 Å². The number of carbonyl (C=O) groups is 2. The molecule has 8 nitrogen and oxygen atoms in total. The number of carbonyl (C=O) groups excluding carboxylic acids is 2. The van der Waals surface area contributed by atoms with E-state index in [9.17, 15) is 22.8 Å². The molecule has 0 aliphatic rings. The Hall–Kier alpha value is -3.63. The Balaban J connectivity index is 1.97. The van der Waals surface area contributed by atoms with Gasteiger partial charge in [-0.05, 0) is 65.8 Å². The summed E-state index contributed by atoms with van der Waals surface area (Å²) in [5.74, 6) is -0.684. The lowest BCUT2D eigenvalue weighted by Gasteiger charge is -2.21. The third-order valence-corrected chi connectivity index (χ3v) is 4.72. The molecule has 0 aliphatic heterocycles. The highest BCUT2D eigenvalue weighted by Crippen LogP contribution is 2.34. The maximum Gasteiger partial charge on any atom is 0.416 e. The van der Waals surface area contributed by atoms with E-state index in [1.54, 1.807) is 44.6 Å². The van der Waals surface area contributed by atoms with E-state index in [1.165, 1.54) is 0 Å². The lowest BCUT2D eigenvalue weighted by molar-refractivity contribution is -0.137. The van der Waals surface area contributed by atoms with E-state index in [0.717, 1.165) is 18.2 Å². The molecule has 0 unspecified atom stereocenters. The van der Waals surface area contributed by atoms with Crippen LogP contribution >= 0.6 is 0 Å². The van der Waals surface area contributed by atoms with Crippen LogP contribution in [0.3, 0.4) is 0 Å². The Labute approximate surface area is 194 Å². The molecule has 2 amide bonds. The Morgan fingerprint density at radius 3 is 2.32 bits per heavy atom. The van der Waals surface area contributed by atoms with Crippen LogP contribution in [0.15, 0.2) is 30.5 Å². The van der Waals surface area contributed by atoms with Gasteiger partial charge in [-0.2, -0.15) is 18.3 Å². The number of rotatable bonds is 4. The summed E-state index contributed by atoms with van der Waals surface area (Å²) in [5.41, 5.74) is -0.954. The molecule has 0 fully saturated rings. The van der Waals surface area contributed by atoms with E-state index in [2.05, 4.69) is 20.7 Å². The van der Waals surface area contributed by atoms with Crippen LogP contribution in [-0.2, 0) is 10.9 Å². The van der Waals surface area contributed by atoms with Crippen molar-refractivity contribution in [3.8, 4) is 0 Å². The maximum atomic E-state index is 13.3. The molecule has 0 aliphatic carbocycles. The van der Waals surface area contributed by atoms with Crippen molar-refractivity contribution in [2.45, 2.75) is 59.4 Å². The largest absolute Gasteiger partial charge is 0.444 e. The summed E-state index contributed by atoms with van der Waals surface area (Å²) in [4.78, 5) is 29.7. The van der Waals surface area contributed by atoms with Crippen LogP contribution in [0, 0.1) is 6.92 Å². The van der Waals surface area contributed by atoms with Crippen LogP contribution in [0.1, 0.15) is 62.3 Å². The Morgan fingerprint density at radius 2 is 1.74 bits per heavy atom. The number of ether oxygens (including phenoxy) is 1. The number of pyridine rings is 1. The van der Waals surface area contributed by atoms with Crippen molar-refractivity contribution < 1.29 is 27.5 Å². The van der Waals surface area contributed by atoms with Crippen molar-refractivity contribution >= 4 is 34.4 Å². The van der Waals surface area contributed by atoms with Gasteiger partial charge in [0, 0.05) is 11.4 Å². The monoisotopic (exact) mass is 477 g/mol. The molecule has 0 saturated heterocycles. The van der Waals surface area contributed by atoms with Crippen molar-refractivity contribution in [2.24, 2.45) is 0 Å². The fraction of sp³-hybridized carbons (Fsp3) is 0.391. The van der Waals surface area contributed by atoms with Crippen LogP contribution in [0.25, 0.3) is 11.0 Å². The molecule has 3 rings (SSSR count). The number of aryl methyl sites for hydroxylation is 1. The number of hydrogen-bond acceptors (Lipinski definition) is 5. The van der Waals surface area contributed by atoms with Crippen molar-refractivity contribution in [3.05, 3.63) is 47.3 Å². The number of nitrogens with zero attached hydrogens (tertiary/aromatic N) is 3. The zero-order valence-corrected chi connectivity index (χ0v) is 19.7. The van der Waals surface area contributed by atoms with Crippen LogP contribution in [-0.4, -0.2) is 32.4 Å². The first-order valence-corrected chi connectivity index (χ1v) is 10.5. The van der Waals surface area contributed by atoms with Gasteiger partial charge in [0.15, 0.2) is 5.65 Å². The number of fused-ring (bicyclic) bond motifs is 1. The summed E-state index contributed by atoms with van der Waals surface area (Å²) in [5, 5.41) is 9.74. The molecule has 0 atom stereocenters. The summed E-state index contributed by atoms with van der Waals surface area (Å²) in [6, 6.07) is 4.25. The molecule has 182 valence electrons. The zero-order chi connectivity index (χ0) is 25.4. The van der Waals surface area contributed by atoms with Crippen LogP contribution in [0.5, 0.6) is 0 Å². The van der Waals surface area contributed by atoms with E-state index in [-0.39, 0.29) is 23.0 Å². The van der Waals surface area contributed by atoms with Gasteiger partial charge in [0.1, 0.15) is 5.60 Å². The first-order valence-electron chi connectivity index (χ1n) is 10.5. The smallest absolute Gasteiger partial charge is 0.416 e. The second kappa shape index (κ2) is 8.96. The fourth-order valence-electron chi connectivity index (χ4n) is 3.21. The number of nitrogens with one attached hydrogen (secondary N) is 2. The number of aromatic nitrogens is 3. The van der Waals surface area contributed by atoms with Gasteiger partial charge in [0.05, 0.1) is 34.4 Å². The molecule has 1 aromatic carbocycles. The molecule has 0 bridgehead atoms. The second-order valence-corrected chi connectivity index (χ2v) is 9.06. The van der Waals surface area contributed by atoms with Gasteiger partial charge in [0.25, 0.3) is 5.91 Å². The lowest BCUT2D eigenvalue weighted by atomic mass is 10.1. The van der Waals surface area contributed by atoms with Crippen LogP contribution in [0.4, 0.5) is 29.3 Å². The molecule has 2 N–H and O–H groups in total. The van der Waals surface area contributed by atoms with Gasteiger partial charge < -0.3 is 10.1 Å². The Morgan fingerprint density at radius 1 is 1.06 bits per heavy atom. The van der Waals surface area contributed by atoms with E-state index >= 15 is 0 Å². The summed E-state index contributed by atoms with van der Waals surface area (Å²) >= 11 is 0. The summed E-state index contributed by atoms with van der Waals surface area (Å²) in [6.07, 6.45) is -3.95. The first kappa shape index (κ1) is 25.0. The zero-order valence-electron chi connectivity index (χ0n) is 19.7. The van der Waals surface area contributed by atoms with Crippen molar-refractivity contribution in [1.82, 2.24) is 14.8 Å². The van der Waals surface area contributed by atoms with Gasteiger partial charge >= 0.3 is 12.3 Å². The number of anilines is 2. The Bertz CT molecular complexity index is 1240. The maximum absolute atomic E-state index is 13.3. The standard InChI is InChI=1S/C23H26F3N5O3/c1-12(2)31-19-14(11-27-31)9-16(13(3)28-19)20(32)29-18-10-15(23(24,25)26)7-8-17(18)30-21(33)34-22(4,5)6/h7-12H,1-6H3,(H,29,32)(H,30,33).